The second-order valence-electron chi connectivity index (χ2n) is 3.66. The first-order valence-electron chi connectivity index (χ1n) is 5.13. The molecule has 1 aromatic carbocycles. The molecular formula is C12H6Cl2FN3O. The minimum atomic E-state index is -0.676. The Bertz CT molecular complexity index is 737. The molecule has 0 fully saturated rings. The van der Waals surface area contributed by atoms with Crippen LogP contribution in [0.25, 0.3) is 0 Å². The van der Waals surface area contributed by atoms with Crippen molar-refractivity contribution in [2.75, 3.05) is 0 Å². The molecule has 0 saturated heterocycles. The molecular weight excluding hydrogens is 292 g/mol. The van der Waals surface area contributed by atoms with Crippen LogP contribution in [0.15, 0.2) is 29.2 Å². The Kier molecular flexibility index (Phi) is 3.84. The van der Waals surface area contributed by atoms with Gasteiger partial charge in [0.15, 0.2) is 0 Å². The van der Waals surface area contributed by atoms with Crippen LogP contribution in [-0.2, 0) is 6.54 Å². The zero-order chi connectivity index (χ0) is 14.0. The van der Waals surface area contributed by atoms with E-state index in [4.69, 9.17) is 28.5 Å². The maximum atomic E-state index is 13.8. The van der Waals surface area contributed by atoms with Crippen LogP contribution in [0.2, 0.25) is 10.0 Å². The van der Waals surface area contributed by atoms with Crippen molar-refractivity contribution in [3.63, 3.8) is 0 Å². The van der Waals surface area contributed by atoms with Crippen LogP contribution in [-0.4, -0.2) is 9.78 Å². The van der Waals surface area contributed by atoms with Gasteiger partial charge in [-0.25, -0.2) is 9.07 Å². The van der Waals surface area contributed by atoms with E-state index in [-0.39, 0.29) is 27.7 Å². The minimum absolute atomic E-state index is 0.0363. The first kappa shape index (κ1) is 13.5. The van der Waals surface area contributed by atoms with Crippen LogP contribution < -0.4 is 5.56 Å². The maximum Gasteiger partial charge on any atom is 0.287 e. The van der Waals surface area contributed by atoms with Gasteiger partial charge < -0.3 is 0 Å². The van der Waals surface area contributed by atoms with Crippen molar-refractivity contribution in [2.45, 2.75) is 6.54 Å². The summed E-state index contributed by atoms with van der Waals surface area (Å²) in [5.41, 5.74) is -0.534. The van der Waals surface area contributed by atoms with Gasteiger partial charge in [-0.15, -0.1) is 0 Å². The summed E-state index contributed by atoms with van der Waals surface area (Å²) in [6, 6.07) is 6.07. The molecule has 0 atom stereocenters. The summed E-state index contributed by atoms with van der Waals surface area (Å²) < 4.78 is 14.8. The quantitative estimate of drug-likeness (QED) is 0.856. The Morgan fingerprint density at radius 3 is 2.84 bits per heavy atom. The number of hydrogen-bond donors (Lipinski definition) is 0. The van der Waals surface area contributed by atoms with Crippen LogP contribution >= 0.6 is 23.2 Å². The lowest BCUT2D eigenvalue weighted by Gasteiger charge is -2.07. The van der Waals surface area contributed by atoms with E-state index in [1.54, 1.807) is 6.07 Å². The van der Waals surface area contributed by atoms with Crippen molar-refractivity contribution in [2.24, 2.45) is 0 Å². The van der Waals surface area contributed by atoms with E-state index in [0.717, 1.165) is 4.68 Å². The molecule has 19 heavy (non-hydrogen) atoms. The molecule has 1 heterocycles. The molecule has 0 aliphatic rings. The van der Waals surface area contributed by atoms with Crippen molar-refractivity contribution < 1.29 is 4.39 Å². The zero-order valence-corrected chi connectivity index (χ0v) is 10.9. The highest BCUT2D eigenvalue weighted by Crippen LogP contribution is 2.16. The third kappa shape index (κ3) is 2.60. The number of hydrogen-bond acceptors (Lipinski definition) is 3. The van der Waals surface area contributed by atoms with E-state index in [2.05, 4.69) is 5.10 Å². The van der Waals surface area contributed by atoms with Gasteiger partial charge in [0, 0.05) is 5.56 Å². The van der Waals surface area contributed by atoms with Gasteiger partial charge in [-0.1, -0.05) is 35.3 Å². The summed E-state index contributed by atoms with van der Waals surface area (Å²) in [4.78, 5) is 11.8. The van der Waals surface area contributed by atoms with Gasteiger partial charge in [0.2, 0.25) is 0 Å². The lowest BCUT2D eigenvalue weighted by molar-refractivity contribution is 0.570. The number of nitriles is 1. The highest BCUT2D eigenvalue weighted by molar-refractivity contribution is 6.41. The van der Waals surface area contributed by atoms with E-state index >= 15 is 0 Å². The summed E-state index contributed by atoms with van der Waals surface area (Å²) in [5, 5.41) is 12.4. The standard InChI is InChI=1S/C12H6Cl2FN3O/c13-9-5-17-18(12(19)10(9)14)6-8-3-1-2-7(4-16)11(8)15/h1-3,5H,6H2. The monoisotopic (exact) mass is 297 g/mol. The molecule has 2 aromatic rings. The second kappa shape index (κ2) is 5.39. The highest BCUT2D eigenvalue weighted by Gasteiger charge is 2.12. The maximum absolute atomic E-state index is 13.8. The SMILES string of the molecule is N#Cc1cccc(Cn2ncc(Cl)c(Cl)c2=O)c1F. The van der Waals surface area contributed by atoms with Gasteiger partial charge in [-0.05, 0) is 6.07 Å². The van der Waals surface area contributed by atoms with Crippen LogP contribution in [0.4, 0.5) is 4.39 Å². The normalized spacial score (nSPS) is 10.2. The highest BCUT2D eigenvalue weighted by atomic mass is 35.5. The summed E-state index contributed by atoms with van der Waals surface area (Å²) >= 11 is 11.3. The predicted octanol–water partition coefficient (Wildman–Crippen LogP) is 2.61. The molecule has 7 heteroatoms. The molecule has 0 spiro atoms. The van der Waals surface area contributed by atoms with E-state index in [9.17, 15) is 9.18 Å². The molecule has 0 saturated carbocycles. The molecule has 1 aromatic heterocycles. The molecule has 0 unspecified atom stereocenters. The third-order valence-electron chi connectivity index (χ3n) is 2.46. The second-order valence-corrected chi connectivity index (χ2v) is 4.44. The van der Waals surface area contributed by atoms with Gasteiger partial charge in [-0.2, -0.15) is 10.4 Å². The molecule has 0 aliphatic heterocycles. The fourth-order valence-corrected chi connectivity index (χ4v) is 1.78. The zero-order valence-electron chi connectivity index (χ0n) is 9.40. The van der Waals surface area contributed by atoms with Crippen LogP contribution in [0, 0.1) is 17.1 Å². The lowest BCUT2D eigenvalue weighted by Crippen LogP contribution is -2.24. The number of aromatic nitrogens is 2. The summed E-state index contributed by atoms with van der Waals surface area (Å²) in [5.74, 6) is -0.676. The first-order valence-corrected chi connectivity index (χ1v) is 5.88. The van der Waals surface area contributed by atoms with Gasteiger partial charge >= 0.3 is 0 Å². The topological polar surface area (TPSA) is 58.7 Å². The number of halogens is 3. The Hall–Kier alpha value is -1.90. The fraction of sp³-hybridized carbons (Fsp3) is 0.0833. The molecule has 4 nitrogen and oxygen atoms in total. The van der Waals surface area contributed by atoms with Crippen LogP contribution in [0.1, 0.15) is 11.1 Å². The molecule has 0 bridgehead atoms. The molecule has 0 N–H and O–H groups in total. The molecule has 0 aliphatic carbocycles. The summed E-state index contributed by atoms with van der Waals surface area (Å²) in [6.45, 7) is -0.128. The van der Waals surface area contributed by atoms with E-state index < -0.39 is 11.4 Å². The van der Waals surface area contributed by atoms with Gasteiger partial charge in [0.25, 0.3) is 5.56 Å². The molecule has 0 radical (unpaired) electrons. The Morgan fingerprint density at radius 2 is 2.16 bits per heavy atom. The van der Waals surface area contributed by atoms with Crippen molar-refractivity contribution in [1.82, 2.24) is 9.78 Å². The number of nitrogens with zero attached hydrogens (tertiary/aromatic N) is 3. The van der Waals surface area contributed by atoms with Crippen LogP contribution in [0.5, 0.6) is 0 Å². The predicted molar refractivity (Wildman–Crippen MR) is 68.7 cm³/mol. The average molecular weight is 298 g/mol. The first-order chi connectivity index (χ1) is 9.04. The molecule has 96 valence electrons. The van der Waals surface area contributed by atoms with Gasteiger partial charge in [0.1, 0.15) is 16.9 Å². The van der Waals surface area contributed by atoms with Crippen molar-refractivity contribution in [1.29, 1.82) is 5.26 Å². The van der Waals surface area contributed by atoms with Crippen molar-refractivity contribution in [3.05, 3.63) is 61.7 Å². The van der Waals surface area contributed by atoms with E-state index in [1.165, 1.54) is 24.4 Å². The minimum Gasteiger partial charge on any atom is -0.266 e. The Morgan fingerprint density at radius 1 is 1.42 bits per heavy atom. The lowest BCUT2D eigenvalue weighted by atomic mass is 10.1. The van der Waals surface area contributed by atoms with Crippen molar-refractivity contribution >= 4 is 23.2 Å². The van der Waals surface area contributed by atoms with E-state index in [1.807, 2.05) is 0 Å². The largest absolute Gasteiger partial charge is 0.287 e. The fourth-order valence-electron chi connectivity index (χ4n) is 1.51. The van der Waals surface area contributed by atoms with Crippen molar-refractivity contribution in [3.8, 4) is 6.07 Å². The average Bonchev–Trinajstić information content (AvgIpc) is 2.41. The van der Waals surface area contributed by atoms with Gasteiger partial charge in [0.05, 0.1) is 23.3 Å². The molecule has 0 amide bonds. The smallest absolute Gasteiger partial charge is 0.266 e. The van der Waals surface area contributed by atoms with E-state index in [0.29, 0.717) is 0 Å². The van der Waals surface area contributed by atoms with Crippen LogP contribution in [0.3, 0.4) is 0 Å². The number of benzene rings is 1. The van der Waals surface area contributed by atoms with Gasteiger partial charge in [-0.3, -0.25) is 4.79 Å². The third-order valence-corrected chi connectivity index (χ3v) is 3.21. The Labute approximate surface area is 117 Å². The summed E-state index contributed by atoms with van der Waals surface area (Å²) in [6.07, 6.45) is 1.21. The number of rotatable bonds is 2. The Balaban J connectivity index is 2.46. The summed E-state index contributed by atoms with van der Waals surface area (Å²) in [7, 11) is 0. The molecule has 2 rings (SSSR count).